The van der Waals surface area contributed by atoms with Gasteiger partial charge in [0.15, 0.2) is 4.34 Å². The molecule has 1 saturated heterocycles. The normalized spacial score (nSPS) is 15.6. The standard InChI is InChI=1S/C12H16N6S2/c1-8-7-19-12(14-8)20-11-16-9(13)15-10(17-11)18-5-3-2-4-6-18/h7H,2-6H2,1H3,(H2,13,15,16,17). The Morgan fingerprint density at radius 1 is 1.15 bits per heavy atom. The molecule has 3 rings (SSSR count). The molecule has 0 saturated carbocycles. The second-order valence-corrected chi connectivity index (χ2v) is 6.75. The number of aromatic nitrogens is 4. The van der Waals surface area contributed by atoms with E-state index in [1.807, 2.05) is 12.3 Å². The fourth-order valence-corrected chi connectivity index (χ4v) is 3.79. The van der Waals surface area contributed by atoms with E-state index in [0.717, 1.165) is 23.1 Å². The van der Waals surface area contributed by atoms with Gasteiger partial charge in [0.05, 0.1) is 0 Å². The van der Waals surface area contributed by atoms with Crippen LogP contribution in [0.5, 0.6) is 0 Å². The van der Waals surface area contributed by atoms with Gasteiger partial charge in [0.25, 0.3) is 0 Å². The molecule has 6 nitrogen and oxygen atoms in total. The number of rotatable bonds is 3. The summed E-state index contributed by atoms with van der Waals surface area (Å²) in [4.78, 5) is 19.5. The maximum Gasteiger partial charge on any atom is 0.231 e. The highest BCUT2D eigenvalue weighted by Crippen LogP contribution is 2.29. The Bertz CT molecular complexity index is 593. The maximum absolute atomic E-state index is 5.81. The summed E-state index contributed by atoms with van der Waals surface area (Å²) in [6.07, 6.45) is 3.64. The van der Waals surface area contributed by atoms with Crippen LogP contribution in [0.15, 0.2) is 14.9 Å². The van der Waals surface area contributed by atoms with Gasteiger partial charge >= 0.3 is 0 Å². The van der Waals surface area contributed by atoms with Crippen molar-refractivity contribution < 1.29 is 0 Å². The molecule has 3 heterocycles. The molecule has 8 heteroatoms. The van der Waals surface area contributed by atoms with Crippen LogP contribution in [-0.4, -0.2) is 33.0 Å². The number of nitrogen functional groups attached to an aromatic ring is 1. The molecule has 0 unspecified atom stereocenters. The van der Waals surface area contributed by atoms with E-state index in [1.54, 1.807) is 11.3 Å². The third kappa shape index (κ3) is 3.18. The molecule has 0 spiro atoms. The lowest BCUT2D eigenvalue weighted by Gasteiger charge is -2.26. The van der Waals surface area contributed by atoms with Crippen molar-refractivity contribution in [1.82, 2.24) is 19.9 Å². The largest absolute Gasteiger partial charge is 0.368 e. The molecule has 2 aromatic heterocycles. The van der Waals surface area contributed by atoms with Crippen molar-refractivity contribution in [3.05, 3.63) is 11.1 Å². The average molecular weight is 308 g/mol. The highest BCUT2D eigenvalue weighted by Gasteiger charge is 2.16. The van der Waals surface area contributed by atoms with E-state index in [1.165, 1.54) is 31.0 Å². The third-order valence-electron chi connectivity index (χ3n) is 3.04. The van der Waals surface area contributed by atoms with E-state index in [2.05, 4.69) is 24.8 Å². The van der Waals surface area contributed by atoms with Gasteiger partial charge in [-0.05, 0) is 37.9 Å². The minimum Gasteiger partial charge on any atom is -0.368 e. The molecule has 0 radical (unpaired) electrons. The van der Waals surface area contributed by atoms with Crippen LogP contribution in [0.4, 0.5) is 11.9 Å². The van der Waals surface area contributed by atoms with Gasteiger partial charge in [-0.1, -0.05) is 0 Å². The van der Waals surface area contributed by atoms with Crippen molar-refractivity contribution in [1.29, 1.82) is 0 Å². The summed E-state index contributed by atoms with van der Waals surface area (Å²) in [6.45, 7) is 3.95. The van der Waals surface area contributed by atoms with Crippen LogP contribution in [0.3, 0.4) is 0 Å². The van der Waals surface area contributed by atoms with E-state index >= 15 is 0 Å². The minimum absolute atomic E-state index is 0.274. The molecule has 2 N–H and O–H groups in total. The fourth-order valence-electron chi connectivity index (χ4n) is 2.10. The van der Waals surface area contributed by atoms with Crippen LogP contribution in [0.25, 0.3) is 0 Å². The van der Waals surface area contributed by atoms with Crippen LogP contribution in [0, 0.1) is 6.92 Å². The third-order valence-corrected chi connectivity index (χ3v) is 4.96. The smallest absolute Gasteiger partial charge is 0.231 e. The Morgan fingerprint density at radius 2 is 1.95 bits per heavy atom. The van der Waals surface area contributed by atoms with Gasteiger partial charge in [0.1, 0.15) is 0 Å². The number of aryl methyl sites for hydroxylation is 1. The molecule has 106 valence electrons. The summed E-state index contributed by atoms with van der Waals surface area (Å²) >= 11 is 3.03. The number of anilines is 2. The van der Waals surface area contributed by atoms with Gasteiger partial charge < -0.3 is 10.6 Å². The summed E-state index contributed by atoms with van der Waals surface area (Å²) in [5.74, 6) is 0.962. The predicted octanol–water partition coefficient (Wildman–Crippen LogP) is 2.36. The monoisotopic (exact) mass is 308 g/mol. The zero-order valence-corrected chi connectivity index (χ0v) is 12.9. The molecular formula is C12H16N6S2. The predicted molar refractivity (Wildman–Crippen MR) is 81.3 cm³/mol. The molecule has 0 aromatic carbocycles. The Balaban J connectivity index is 1.82. The number of nitrogens with zero attached hydrogens (tertiary/aromatic N) is 5. The molecule has 1 aliphatic rings. The molecule has 0 amide bonds. The molecular weight excluding hydrogens is 292 g/mol. The first-order valence-electron chi connectivity index (χ1n) is 6.57. The van der Waals surface area contributed by atoms with E-state index in [-0.39, 0.29) is 5.95 Å². The lowest BCUT2D eigenvalue weighted by atomic mass is 10.1. The Hall–Kier alpha value is -1.41. The van der Waals surface area contributed by atoms with Crippen molar-refractivity contribution in [2.75, 3.05) is 23.7 Å². The maximum atomic E-state index is 5.81. The summed E-state index contributed by atoms with van der Waals surface area (Å²) < 4.78 is 0.928. The van der Waals surface area contributed by atoms with Crippen LogP contribution in [-0.2, 0) is 0 Å². The first kappa shape index (κ1) is 13.6. The van der Waals surface area contributed by atoms with Crippen molar-refractivity contribution in [3.63, 3.8) is 0 Å². The highest BCUT2D eigenvalue weighted by atomic mass is 32.2. The molecule has 0 aliphatic carbocycles. The van der Waals surface area contributed by atoms with E-state index in [0.29, 0.717) is 11.1 Å². The first-order chi connectivity index (χ1) is 9.70. The molecule has 2 aromatic rings. The van der Waals surface area contributed by atoms with Crippen LogP contribution >= 0.6 is 23.1 Å². The average Bonchev–Trinajstić information content (AvgIpc) is 2.84. The number of nitrogens with two attached hydrogens (primary N) is 1. The van der Waals surface area contributed by atoms with Gasteiger partial charge in [-0.15, -0.1) is 11.3 Å². The van der Waals surface area contributed by atoms with Gasteiger partial charge in [-0.2, -0.15) is 15.0 Å². The number of hydrogen-bond donors (Lipinski definition) is 1. The topological polar surface area (TPSA) is 80.8 Å². The lowest BCUT2D eigenvalue weighted by molar-refractivity contribution is 0.565. The quantitative estimate of drug-likeness (QED) is 0.932. The number of piperidine rings is 1. The van der Waals surface area contributed by atoms with E-state index < -0.39 is 0 Å². The summed E-state index contributed by atoms with van der Waals surface area (Å²) in [5, 5.41) is 2.63. The van der Waals surface area contributed by atoms with Crippen LogP contribution in [0.1, 0.15) is 25.0 Å². The number of hydrogen-bond acceptors (Lipinski definition) is 8. The summed E-state index contributed by atoms with van der Waals surface area (Å²) in [6, 6.07) is 0. The van der Waals surface area contributed by atoms with Crippen molar-refractivity contribution >= 4 is 35.0 Å². The van der Waals surface area contributed by atoms with Crippen LogP contribution < -0.4 is 10.6 Å². The van der Waals surface area contributed by atoms with Gasteiger partial charge in [0.2, 0.25) is 17.1 Å². The lowest BCUT2D eigenvalue weighted by Crippen LogP contribution is -2.31. The summed E-state index contributed by atoms with van der Waals surface area (Å²) in [7, 11) is 0. The highest BCUT2D eigenvalue weighted by molar-refractivity contribution is 8.00. The van der Waals surface area contributed by atoms with E-state index in [9.17, 15) is 0 Å². The summed E-state index contributed by atoms with van der Waals surface area (Å²) in [5.41, 5.74) is 6.82. The van der Waals surface area contributed by atoms with E-state index in [4.69, 9.17) is 5.73 Å². The second-order valence-electron chi connectivity index (χ2n) is 4.68. The Kier molecular flexibility index (Phi) is 4.02. The molecule has 1 fully saturated rings. The minimum atomic E-state index is 0.274. The Labute approximate surface area is 125 Å². The van der Waals surface area contributed by atoms with Crippen molar-refractivity contribution in [3.8, 4) is 0 Å². The fraction of sp³-hybridized carbons (Fsp3) is 0.500. The Morgan fingerprint density at radius 3 is 2.65 bits per heavy atom. The molecule has 0 bridgehead atoms. The molecule has 20 heavy (non-hydrogen) atoms. The first-order valence-corrected chi connectivity index (χ1v) is 8.27. The second kappa shape index (κ2) is 5.92. The SMILES string of the molecule is Cc1csc(Sc2nc(N)nc(N3CCCCC3)n2)n1. The van der Waals surface area contributed by atoms with Gasteiger partial charge in [0, 0.05) is 24.2 Å². The molecule has 0 atom stereocenters. The number of thiazole rings is 1. The van der Waals surface area contributed by atoms with Crippen molar-refractivity contribution in [2.24, 2.45) is 0 Å². The molecule has 1 aliphatic heterocycles. The zero-order valence-electron chi connectivity index (χ0n) is 11.2. The van der Waals surface area contributed by atoms with Crippen molar-refractivity contribution in [2.45, 2.75) is 35.7 Å². The van der Waals surface area contributed by atoms with Gasteiger partial charge in [-0.25, -0.2) is 4.98 Å². The van der Waals surface area contributed by atoms with Gasteiger partial charge in [-0.3, -0.25) is 0 Å². The zero-order chi connectivity index (χ0) is 13.9. The van der Waals surface area contributed by atoms with Crippen LogP contribution in [0.2, 0.25) is 0 Å².